The predicted molar refractivity (Wildman–Crippen MR) is 62.4 cm³/mol. The monoisotopic (exact) mass is 248 g/mol. The largest absolute Gasteiger partial charge is 0.354 e. The molecule has 84 valence electrons. The molecule has 0 aliphatic heterocycles. The summed E-state index contributed by atoms with van der Waals surface area (Å²) in [5.74, 6) is 1.05. The zero-order valence-corrected chi connectivity index (χ0v) is 10.3. The number of anilines is 1. The van der Waals surface area contributed by atoms with Crippen molar-refractivity contribution in [3.63, 3.8) is 0 Å². The molecule has 15 heavy (non-hydrogen) atoms. The maximum atomic E-state index is 5.65. The number of hydrogen-bond donors (Lipinski definition) is 1. The third kappa shape index (κ3) is 4.18. The van der Waals surface area contributed by atoms with E-state index in [-0.39, 0.29) is 10.6 Å². The lowest BCUT2D eigenvalue weighted by Gasteiger charge is -2.12. The van der Waals surface area contributed by atoms with Crippen LogP contribution >= 0.6 is 23.2 Å². The van der Waals surface area contributed by atoms with Crippen molar-refractivity contribution >= 4 is 29.2 Å². The summed E-state index contributed by atoms with van der Waals surface area (Å²) in [7, 11) is 0. The molecule has 0 fully saturated rings. The average molecular weight is 249 g/mol. The summed E-state index contributed by atoms with van der Waals surface area (Å²) < 4.78 is 0. The molecule has 0 aromatic carbocycles. The van der Waals surface area contributed by atoms with E-state index in [1.807, 2.05) is 0 Å². The first-order valence-corrected chi connectivity index (χ1v) is 5.72. The van der Waals surface area contributed by atoms with Gasteiger partial charge in [-0.3, -0.25) is 0 Å². The molecule has 1 rings (SSSR count). The van der Waals surface area contributed by atoms with Crippen molar-refractivity contribution in [1.29, 1.82) is 0 Å². The normalized spacial score (nSPS) is 10.7. The fraction of sp³-hybridized carbons (Fsp3) is 0.667. The summed E-state index contributed by atoms with van der Waals surface area (Å²) >= 11 is 11.3. The quantitative estimate of drug-likeness (QED) is 0.871. The van der Waals surface area contributed by atoms with Gasteiger partial charge < -0.3 is 5.32 Å². The zero-order valence-electron chi connectivity index (χ0n) is 8.80. The van der Waals surface area contributed by atoms with E-state index in [0.29, 0.717) is 11.9 Å². The van der Waals surface area contributed by atoms with E-state index in [2.05, 4.69) is 34.1 Å². The van der Waals surface area contributed by atoms with E-state index < -0.39 is 0 Å². The predicted octanol–water partition coefficient (Wildman–Crippen LogP) is 3.03. The van der Waals surface area contributed by atoms with Gasteiger partial charge >= 0.3 is 0 Å². The van der Waals surface area contributed by atoms with E-state index in [1.165, 1.54) is 0 Å². The molecule has 1 heterocycles. The highest BCUT2D eigenvalue weighted by atomic mass is 35.5. The number of rotatable bonds is 5. The van der Waals surface area contributed by atoms with Gasteiger partial charge in [0.05, 0.1) is 0 Å². The Hall–Kier alpha value is -0.610. The Bertz CT molecular complexity index is 295. The van der Waals surface area contributed by atoms with Crippen LogP contribution in [0.2, 0.25) is 10.6 Å². The van der Waals surface area contributed by atoms with Crippen molar-refractivity contribution in [1.82, 2.24) is 15.0 Å². The molecule has 0 amide bonds. The highest BCUT2D eigenvalue weighted by Crippen LogP contribution is 2.12. The van der Waals surface area contributed by atoms with Crippen LogP contribution in [0.4, 0.5) is 5.95 Å². The first-order chi connectivity index (χ1) is 7.15. The summed E-state index contributed by atoms with van der Waals surface area (Å²) in [6.07, 6.45) is 2.24. The van der Waals surface area contributed by atoms with Gasteiger partial charge in [-0.05, 0) is 29.1 Å². The third-order valence-corrected chi connectivity index (χ3v) is 2.62. The molecule has 6 heteroatoms. The number of halogens is 2. The lowest BCUT2D eigenvalue weighted by atomic mass is 10.0. The van der Waals surface area contributed by atoms with E-state index in [1.54, 1.807) is 0 Å². The van der Waals surface area contributed by atoms with Gasteiger partial charge in [0, 0.05) is 6.54 Å². The summed E-state index contributed by atoms with van der Waals surface area (Å²) in [4.78, 5) is 11.5. The Labute approximate surface area is 99.4 Å². The highest BCUT2D eigenvalue weighted by molar-refractivity contribution is 6.31. The lowest BCUT2D eigenvalue weighted by Crippen LogP contribution is -2.14. The minimum Gasteiger partial charge on any atom is -0.354 e. The van der Waals surface area contributed by atoms with Crippen LogP contribution in [0.1, 0.15) is 26.7 Å². The maximum absolute atomic E-state index is 5.65. The van der Waals surface area contributed by atoms with Gasteiger partial charge in [0.1, 0.15) is 0 Å². The van der Waals surface area contributed by atoms with Gasteiger partial charge in [-0.1, -0.05) is 26.7 Å². The minimum atomic E-state index is 0.113. The lowest BCUT2D eigenvalue weighted by molar-refractivity contribution is 0.517. The van der Waals surface area contributed by atoms with Crippen LogP contribution in [0.5, 0.6) is 0 Å². The molecule has 0 radical (unpaired) electrons. The summed E-state index contributed by atoms with van der Waals surface area (Å²) in [6, 6.07) is 0. The molecular weight excluding hydrogens is 235 g/mol. The number of hydrogen-bond acceptors (Lipinski definition) is 4. The molecule has 1 aromatic rings. The Morgan fingerprint density at radius 2 is 1.60 bits per heavy atom. The van der Waals surface area contributed by atoms with Crippen molar-refractivity contribution in [3.05, 3.63) is 10.6 Å². The standard InChI is InChI=1S/C9H14Cl2N4/c1-3-6(4-2)5-12-9-14-7(10)13-8(11)15-9/h6H,3-5H2,1-2H3,(H,12,13,14,15). The van der Waals surface area contributed by atoms with Crippen LogP contribution in [0.3, 0.4) is 0 Å². The second-order valence-electron chi connectivity index (χ2n) is 3.26. The molecule has 0 saturated carbocycles. The first kappa shape index (κ1) is 12.5. The van der Waals surface area contributed by atoms with Crippen LogP contribution < -0.4 is 5.32 Å². The molecule has 0 saturated heterocycles. The first-order valence-electron chi connectivity index (χ1n) is 4.96. The maximum Gasteiger partial charge on any atom is 0.228 e. The van der Waals surface area contributed by atoms with Crippen molar-refractivity contribution < 1.29 is 0 Å². The molecule has 0 unspecified atom stereocenters. The molecule has 0 aliphatic rings. The Kier molecular flexibility index (Phi) is 5.05. The van der Waals surface area contributed by atoms with Crippen LogP contribution in [0, 0.1) is 5.92 Å². The van der Waals surface area contributed by atoms with E-state index in [0.717, 1.165) is 19.4 Å². The average Bonchev–Trinajstić information content (AvgIpc) is 2.18. The van der Waals surface area contributed by atoms with Crippen LogP contribution in [-0.4, -0.2) is 21.5 Å². The van der Waals surface area contributed by atoms with Crippen molar-refractivity contribution in [3.8, 4) is 0 Å². The van der Waals surface area contributed by atoms with Gasteiger partial charge in [-0.2, -0.15) is 15.0 Å². The zero-order chi connectivity index (χ0) is 11.3. The fourth-order valence-electron chi connectivity index (χ4n) is 1.22. The Balaban J connectivity index is 2.57. The third-order valence-electron chi connectivity index (χ3n) is 2.28. The van der Waals surface area contributed by atoms with Gasteiger partial charge in [-0.25, -0.2) is 0 Å². The molecular formula is C9H14Cl2N4. The molecule has 0 spiro atoms. The molecule has 1 aromatic heterocycles. The summed E-state index contributed by atoms with van der Waals surface area (Å²) in [5, 5.41) is 3.32. The smallest absolute Gasteiger partial charge is 0.228 e. The van der Waals surface area contributed by atoms with E-state index in [9.17, 15) is 0 Å². The van der Waals surface area contributed by atoms with Gasteiger partial charge in [0.15, 0.2) is 0 Å². The second-order valence-corrected chi connectivity index (χ2v) is 3.94. The van der Waals surface area contributed by atoms with Crippen molar-refractivity contribution in [2.24, 2.45) is 5.92 Å². The Morgan fingerprint density at radius 1 is 1.07 bits per heavy atom. The van der Waals surface area contributed by atoms with E-state index in [4.69, 9.17) is 23.2 Å². The molecule has 4 nitrogen and oxygen atoms in total. The topological polar surface area (TPSA) is 50.7 Å². The van der Waals surface area contributed by atoms with Gasteiger partial charge in [0.2, 0.25) is 16.5 Å². The van der Waals surface area contributed by atoms with Crippen molar-refractivity contribution in [2.75, 3.05) is 11.9 Å². The molecule has 0 bridgehead atoms. The second kappa shape index (κ2) is 6.08. The van der Waals surface area contributed by atoms with Crippen LogP contribution in [0.15, 0.2) is 0 Å². The minimum absolute atomic E-state index is 0.113. The number of aromatic nitrogens is 3. The highest BCUT2D eigenvalue weighted by Gasteiger charge is 2.06. The summed E-state index contributed by atoms with van der Waals surface area (Å²) in [5.41, 5.74) is 0. The molecule has 0 aliphatic carbocycles. The molecule has 1 N–H and O–H groups in total. The van der Waals surface area contributed by atoms with Gasteiger partial charge in [-0.15, -0.1) is 0 Å². The SMILES string of the molecule is CCC(CC)CNc1nc(Cl)nc(Cl)n1. The van der Waals surface area contributed by atoms with Crippen molar-refractivity contribution in [2.45, 2.75) is 26.7 Å². The van der Waals surface area contributed by atoms with Crippen LogP contribution in [-0.2, 0) is 0 Å². The number of nitrogens with zero attached hydrogens (tertiary/aromatic N) is 3. The molecule has 0 atom stereocenters. The summed E-state index contributed by atoms with van der Waals surface area (Å²) in [6.45, 7) is 5.14. The fourth-order valence-corrected chi connectivity index (χ4v) is 1.58. The number of nitrogens with one attached hydrogen (secondary N) is 1. The van der Waals surface area contributed by atoms with E-state index >= 15 is 0 Å². The van der Waals surface area contributed by atoms with Gasteiger partial charge in [0.25, 0.3) is 0 Å². The van der Waals surface area contributed by atoms with Crippen LogP contribution in [0.25, 0.3) is 0 Å². The Morgan fingerprint density at radius 3 is 2.07 bits per heavy atom.